The Balaban J connectivity index is 2.41. The zero-order chi connectivity index (χ0) is 22.2. The maximum absolute atomic E-state index is 13.3. The van der Waals surface area contributed by atoms with Crippen molar-refractivity contribution >= 4 is 34.9 Å². The van der Waals surface area contributed by atoms with Crippen LogP contribution in [0.3, 0.4) is 0 Å². The van der Waals surface area contributed by atoms with Crippen molar-refractivity contribution in [1.29, 1.82) is 0 Å². The second-order valence-electron chi connectivity index (χ2n) is 6.49. The molecular formula is C21H16Cl2N2O5. The number of hydrogen-bond acceptors (Lipinski definition) is 4. The van der Waals surface area contributed by atoms with E-state index in [1.54, 1.807) is 35.8 Å². The molecule has 7 nitrogen and oxygen atoms in total. The number of carboxylic acid groups (broad SMARTS) is 1. The number of nitrogens with zero attached hydrogens (tertiary/aromatic N) is 2. The summed E-state index contributed by atoms with van der Waals surface area (Å²) < 4.78 is 1.69. The number of hydrogen-bond donors (Lipinski definition) is 1. The van der Waals surface area contributed by atoms with Gasteiger partial charge in [-0.15, -0.1) is 0 Å². The number of benzene rings is 2. The van der Waals surface area contributed by atoms with Gasteiger partial charge in [0.25, 0.3) is 5.69 Å². The fourth-order valence-corrected chi connectivity index (χ4v) is 3.86. The summed E-state index contributed by atoms with van der Waals surface area (Å²) in [5, 5.41) is 21.3. The number of nitro benzene ring substituents is 1. The number of aromatic nitrogens is 1. The van der Waals surface area contributed by atoms with Gasteiger partial charge in [-0.1, -0.05) is 35.3 Å². The molecule has 0 unspecified atom stereocenters. The van der Waals surface area contributed by atoms with Crippen LogP contribution in [-0.4, -0.2) is 20.6 Å². The highest BCUT2D eigenvalue weighted by Gasteiger charge is 2.26. The van der Waals surface area contributed by atoms with Gasteiger partial charge in [0.15, 0.2) is 0 Å². The number of aromatic carboxylic acids is 1. The molecule has 2 aromatic carbocycles. The number of carboxylic acids is 1. The fraction of sp³-hybridized carbons (Fsp3) is 0.143. The number of rotatable bonds is 5. The molecule has 0 atom stereocenters. The van der Waals surface area contributed by atoms with E-state index in [9.17, 15) is 24.8 Å². The molecule has 1 aromatic heterocycles. The Morgan fingerprint density at radius 1 is 1.13 bits per heavy atom. The Kier molecular flexibility index (Phi) is 5.96. The lowest BCUT2D eigenvalue weighted by Crippen LogP contribution is -2.25. The van der Waals surface area contributed by atoms with E-state index in [-0.39, 0.29) is 22.0 Å². The van der Waals surface area contributed by atoms with Gasteiger partial charge in [0, 0.05) is 34.5 Å². The third-order valence-corrected chi connectivity index (χ3v) is 5.36. The summed E-state index contributed by atoms with van der Waals surface area (Å²) in [6.07, 6.45) is 0. The molecule has 0 aliphatic carbocycles. The summed E-state index contributed by atoms with van der Waals surface area (Å²) >= 11 is 12.0. The first-order valence-corrected chi connectivity index (χ1v) is 9.63. The quantitative estimate of drug-likeness (QED) is 0.415. The standard InChI is InChI=1S/C21H16Cl2N2O5/c1-3-24-11(2)17(12-4-7-14(22)8-5-12)20(26)18(21(27)28)19(24)13-6-9-16(25(29)30)15(23)10-13/h4-10H,3H2,1-2H3,(H,27,28). The summed E-state index contributed by atoms with van der Waals surface area (Å²) in [5.41, 5.74) is 0.391. The summed E-state index contributed by atoms with van der Waals surface area (Å²) in [6.45, 7) is 3.89. The van der Waals surface area contributed by atoms with Gasteiger partial charge in [-0.25, -0.2) is 4.79 Å². The molecule has 0 fully saturated rings. The van der Waals surface area contributed by atoms with Crippen molar-refractivity contribution in [3.05, 3.63) is 84.1 Å². The number of halogens is 2. The van der Waals surface area contributed by atoms with Crippen LogP contribution >= 0.6 is 23.2 Å². The molecule has 154 valence electrons. The van der Waals surface area contributed by atoms with E-state index in [4.69, 9.17) is 23.2 Å². The number of nitro groups is 1. The van der Waals surface area contributed by atoms with E-state index in [1.165, 1.54) is 18.2 Å². The molecule has 1 heterocycles. The second kappa shape index (κ2) is 8.30. The lowest BCUT2D eigenvalue weighted by Gasteiger charge is -2.21. The SMILES string of the molecule is CCn1c(C)c(-c2ccc(Cl)cc2)c(=O)c(C(=O)O)c1-c1ccc([N+](=O)[O-])c(Cl)c1. The van der Waals surface area contributed by atoms with Crippen LogP contribution in [0.1, 0.15) is 23.0 Å². The van der Waals surface area contributed by atoms with Crippen LogP contribution in [0.2, 0.25) is 10.0 Å². The maximum Gasteiger partial charge on any atom is 0.341 e. The van der Waals surface area contributed by atoms with Crippen LogP contribution in [0.4, 0.5) is 5.69 Å². The van der Waals surface area contributed by atoms with E-state index < -0.39 is 21.9 Å². The Morgan fingerprint density at radius 2 is 1.73 bits per heavy atom. The highest BCUT2D eigenvalue weighted by Crippen LogP contribution is 2.34. The third kappa shape index (κ3) is 3.69. The predicted octanol–water partition coefficient (Wildman–Crippen LogP) is 5.42. The molecule has 0 radical (unpaired) electrons. The molecule has 0 saturated carbocycles. The molecule has 0 spiro atoms. The summed E-state index contributed by atoms with van der Waals surface area (Å²) in [7, 11) is 0. The van der Waals surface area contributed by atoms with Crippen molar-refractivity contribution < 1.29 is 14.8 Å². The van der Waals surface area contributed by atoms with E-state index in [0.717, 1.165) is 0 Å². The van der Waals surface area contributed by atoms with Crippen LogP contribution in [-0.2, 0) is 6.54 Å². The molecule has 3 rings (SSSR count). The van der Waals surface area contributed by atoms with E-state index in [0.29, 0.717) is 28.4 Å². The fourth-order valence-electron chi connectivity index (χ4n) is 3.49. The zero-order valence-electron chi connectivity index (χ0n) is 16.0. The highest BCUT2D eigenvalue weighted by atomic mass is 35.5. The zero-order valence-corrected chi connectivity index (χ0v) is 17.5. The van der Waals surface area contributed by atoms with Crippen molar-refractivity contribution in [2.45, 2.75) is 20.4 Å². The topological polar surface area (TPSA) is 102 Å². The van der Waals surface area contributed by atoms with Crippen LogP contribution in [0.25, 0.3) is 22.4 Å². The molecule has 3 aromatic rings. The van der Waals surface area contributed by atoms with Gasteiger partial charge in [-0.05, 0) is 43.7 Å². The first-order chi connectivity index (χ1) is 14.2. The van der Waals surface area contributed by atoms with E-state index in [1.807, 2.05) is 6.92 Å². The lowest BCUT2D eigenvalue weighted by atomic mass is 9.96. The molecule has 30 heavy (non-hydrogen) atoms. The Morgan fingerprint density at radius 3 is 2.23 bits per heavy atom. The molecule has 0 saturated heterocycles. The van der Waals surface area contributed by atoms with Crippen LogP contribution < -0.4 is 5.43 Å². The van der Waals surface area contributed by atoms with Gasteiger partial charge >= 0.3 is 5.97 Å². The van der Waals surface area contributed by atoms with Crippen LogP contribution in [0, 0.1) is 17.0 Å². The Hall–Kier alpha value is -3.16. The average Bonchev–Trinajstić information content (AvgIpc) is 2.68. The van der Waals surface area contributed by atoms with E-state index >= 15 is 0 Å². The molecular weight excluding hydrogens is 431 g/mol. The molecule has 1 N–H and O–H groups in total. The maximum atomic E-state index is 13.3. The highest BCUT2D eigenvalue weighted by molar-refractivity contribution is 6.33. The molecule has 9 heteroatoms. The largest absolute Gasteiger partial charge is 0.477 e. The smallest absolute Gasteiger partial charge is 0.341 e. The van der Waals surface area contributed by atoms with Crippen LogP contribution in [0.5, 0.6) is 0 Å². The first kappa shape index (κ1) is 21.5. The molecule has 0 aliphatic heterocycles. The normalized spacial score (nSPS) is 10.8. The Bertz CT molecular complexity index is 1230. The van der Waals surface area contributed by atoms with Crippen molar-refractivity contribution in [2.75, 3.05) is 0 Å². The first-order valence-electron chi connectivity index (χ1n) is 8.88. The minimum absolute atomic E-state index is 0.141. The summed E-state index contributed by atoms with van der Waals surface area (Å²) in [5.74, 6) is -1.40. The van der Waals surface area contributed by atoms with Gasteiger partial charge in [0.05, 0.1) is 10.6 Å². The van der Waals surface area contributed by atoms with Crippen molar-refractivity contribution in [2.24, 2.45) is 0 Å². The van der Waals surface area contributed by atoms with E-state index in [2.05, 4.69) is 0 Å². The van der Waals surface area contributed by atoms with Crippen molar-refractivity contribution in [3.63, 3.8) is 0 Å². The minimum Gasteiger partial charge on any atom is -0.477 e. The number of pyridine rings is 1. The molecule has 0 bridgehead atoms. The van der Waals surface area contributed by atoms with Gasteiger partial charge in [-0.2, -0.15) is 0 Å². The molecule has 0 amide bonds. The van der Waals surface area contributed by atoms with Gasteiger partial charge < -0.3 is 9.67 Å². The van der Waals surface area contributed by atoms with Gasteiger partial charge in [-0.3, -0.25) is 14.9 Å². The van der Waals surface area contributed by atoms with Gasteiger partial charge in [0.2, 0.25) is 5.43 Å². The van der Waals surface area contributed by atoms with Crippen LogP contribution in [0.15, 0.2) is 47.3 Å². The van der Waals surface area contributed by atoms with Gasteiger partial charge in [0.1, 0.15) is 10.6 Å². The predicted molar refractivity (Wildman–Crippen MR) is 116 cm³/mol. The molecule has 0 aliphatic rings. The summed E-state index contributed by atoms with van der Waals surface area (Å²) in [6, 6.07) is 10.4. The second-order valence-corrected chi connectivity index (χ2v) is 7.34. The lowest BCUT2D eigenvalue weighted by molar-refractivity contribution is -0.384. The average molecular weight is 447 g/mol. The Labute approximate surface area is 181 Å². The minimum atomic E-state index is -1.40. The monoisotopic (exact) mass is 446 g/mol. The number of carbonyl (C=O) groups is 1. The summed E-state index contributed by atoms with van der Waals surface area (Å²) in [4.78, 5) is 35.8. The van der Waals surface area contributed by atoms with Crippen molar-refractivity contribution in [3.8, 4) is 22.4 Å². The van der Waals surface area contributed by atoms with Crippen molar-refractivity contribution in [1.82, 2.24) is 4.57 Å². The third-order valence-electron chi connectivity index (χ3n) is 4.81.